The first-order valence-corrected chi connectivity index (χ1v) is 8.04. The van der Waals surface area contributed by atoms with Gasteiger partial charge >= 0.3 is 0 Å². The quantitative estimate of drug-likeness (QED) is 0.878. The molecule has 2 fully saturated rings. The molecule has 0 bridgehead atoms. The summed E-state index contributed by atoms with van der Waals surface area (Å²) < 4.78 is 0. The van der Waals surface area contributed by atoms with Crippen molar-refractivity contribution in [2.75, 3.05) is 6.54 Å². The molecule has 5 heteroatoms. The zero-order chi connectivity index (χ0) is 15.0. The number of aromatic amines is 1. The fraction of sp³-hybridized carbons (Fsp3) is 0.750. The highest BCUT2D eigenvalue weighted by Gasteiger charge is 2.44. The first-order valence-electron chi connectivity index (χ1n) is 8.04. The van der Waals surface area contributed by atoms with Crippen LogP contribution in [0.4, 0.5) is 0 Å². The van der Waals surface area contributed by atoms with Crippen LogP contribution in [-0.4, -0.2) is 44.3 Å². The third-order valence-electron chi connectivity index (χ3n) is 5.20. The van der Waals surface area contributed by atoms with Gasteiger partial charge in [-0.3, -0.25) is 9.89 Å². The van der Waals surface area contributed by atoms with E-state index in [9.17, 15) is 9.90 Å². The SMILES string of the molecule is Cc1cc(C(=O)N2CCC[C@@H]2[C@@H]2CCCC[C@@]2(C)O)n[nH]1. The normalized spacial score (nSPS) is 33.4. The number of hydrogen-bond acceptors (Lipinski definition) is 3. The molecule has 1 amide bonds. The van der Waals surface area contributed by atoms with E-state index in [1.807, 2.05) is 18.7 Å². The molecule has 0 unspecified atom stereocenters. The van der Waals surface area contributed by atoms with Crippen molar-refractivity contribution >= 4 is 5.91 Å². The van der Waals surface area contributed by atoms with E-state index in [1.54, 1.807) is 6.07 Å². The standard InChI is InChI=1S/C16H25N3O2/c1-11-10-13(18-17-11)15(20)19-9-5-7-14(19)12-6-3-4-8-16(12,2)21/h10,12,14,21H,3-9H2,1-2H3,(H,17,18)/t12-,14+,16+/m0/s1. The molecule has 1 aliphatic carbocycles. The summed E-state index contributed by atoms with van der Waals surface area (Å²) in [5.41, 5.74) is 0.751. The Labute approximate surface area is 125 Å². The number of carbonyl (C=O) groups excluding carboxylic acids is 1. The number of likely N-dealkylation sites (tertiary alicyclic amines) is 1. The Balaban J connectivity index is 1.80. The molecule has 1 aliphatic heterocycles. The minimum atomic E-state index is -0.646. The van der Waals surface area contributed by atoms with Crippen LogP contribution in [0.1, 0.15) is 61.6 Å². The van der Waals surface area contributed by atoms with E-state index < -0.39 is 5.60 Å². The van der Waals surface area contributed by atoms with Gasteiger partial charge in [0.2, 0.25) is 0 Å². The van der Waals surface area contributed by atoms with Crippen molar-refractivity contribution in [1.82, 2.24) is 15.1 Å². The fourth-order valence-electron chi connectivity index (χ4n) is 4.09. The molecule has 3 rings (SSSR count). The molecule has 3 atom stereocenters. The van der Waals surface area contributed by atoms with Gasteiger partial charge in [0.05, 0.1) is 5.60 Å². The summed E-state index contributed by atoms with van der Waals surface area (Å²) in [6, 6.07) is 1.96. The van der Waals surface area contributed by atoms with Crippen molar-refractivity contribution in [3.8, 4) is 0 Å². The summed E-state index contributed by atoms with van der Waals surface area (Å²) in [5.74, 6) is 0.195. The second-order valence-electron chi connectivity index (χ2n) is 6.85. The largest absolute Gasteiger partial charge is 0.390 e. The summed E-state index contributed by atoms with van der Waals surface area (Å²) in [5, 5.41) is 17.6. The molecular weight excluding hydrogens is 266 g/mol. The van der Waals surface area contributed by atoms with Crippen LogP contribution in [0.15, 0.2) is 6.07 Å². The number of nitrogens with one attached hydrogen (secondary N) is 1. The van der Waals surface area contributed by atoms with Gasteiger partial charge in [-0.2, -0.15) is 5.10 Å². The molecule has 116 valence electrons. The first-order chi connectivity index (χ1) is 9.99. The Morgan fingerprint density at radius 3 is 2.90 bits per heavy atom. The lowest BCUT2D eigenvalue weighted by Crippen LogP contribution is -2.50. The van der Waals surface area contributed by atoms with Crippen LogP contribution in [0, 0.1) is 12.8 Å². The van der Waals surface area contributed by atoms with Crippen LogP contribution < -0.4 is 0 Å². The highest BCUT2D eigenvalue weighted by Crippen LogP contribution is 2.40. The number of H-pyrrole nitrogens is 1. The molecule has 1 saturated carbocycles. The number of amides is 1. The van der Waals surface area contributed by atoms with Crippen molar-refractivity contribution < 1.29 is 9.90 Å². The summed E-state index contributed by atoms with van der Waals surface area (Å²) in [6.07, 6.45) is 6.12. The Morgan fingerprint density at radius 1 is 1.43 bits per heavy atom. The van der Waals surface area contributed by atoms with E-state index in [-0.39, 0.29) is 17.9 Å². The molecule has 1 aromatic rings. The molecular formula is C16H25N3O2. The van der Waals surface area contributed by atoms with Gasteiger partial charge in [0.15, 0.2) is 0 Å². The molecule has 0 spiro atoms. The smallest absolute Gasteiger partial charge is 0.274 e. The van der Waals surface area contributed by atoms with Crippen LogP contribution in [0.2, 0.25) is 0 Å². The maximum Gasteiger partial charge on any atom is 0.274 e. The van der Waals surface area contributed by atoms with Gasteiger partial charge in [-0.1, -0.05) is 12.8 Å². The van der Waals surface area contributed by atoms with Crippen LogP contribution in [-0.2, 0) is 0 Å². The van der Waals surface area contributed by atoms with E-state index in [0.717, 1.165) is 50.8 Å². The predicted molar refractivity (Wildman–Crippen MR) is 80.0 cm³/mol. The van der Waals surface area contributed by atoms with Crippen molar-refractivity contribution in [2.24, 2.45) is 5.92 Å². The maximum absolute atomic E-state index is 12.7. The minimum Gasteiger partial charge on any atom is -0.390 e. The molecule has 0 aromatic carbocycles. The summed E-state index contributed by atoms with van der Waals surface area (Å²) in [7, 11) is 0. The first kappa shape index (κ1) is 14.6. The van der Waals surface area contributed by atoms with Gasteiger partial charge < -0.3 is 10.0 Å². The molecule has 21 heavy (non-hydrogen) atoms. The molecule has 2 N–H and O–H groups in total. The lowest BCUT2D eigenvalue weighted by molar-refractivity contribution is -0.0578. The molecule has 1 aromatic heterocycles. The van der Waals surface area contributed by atoms with E-state index >= 15 is 0 Å². The third kappa shape index (κ3) is 2.71. The van der Waals surface area contributed by atoms with Crippen LogP contribution in [0.3, 0.4) is 0 Å². The monoisotopic (exact) mass is 291 g/mol. The zero-order valence-electron chi connectivity index (χ0n) is 12.9. The Kier molecular flexibility index (Phi) is 3.78. The number of nitrogens with zero attached hydrogens (tertiary/aromatic N) is 2. The van der Waals surface area contributed by atoms with Crippen LogP contribution in [0.25, 0.3) is 0 Å². The summed E-state index contributed by atoms with van der Waals surface area (Å²) in [4.78, 5) is 14.6. The highest BCUT2D eigenvalue weighted by atomic mass is 16.3. The Morgan fingerprint density at radius 2 is 2.24 bits per heavy atom. The van der Waals surface area contributed by atoms with Crippen molar-refractivity contribution in [1.29, 1.82) is 0 Å². The topological polar surface area (TPSA) is 69.2 Å². The zero-order valence-corrected chi connectivity index (χ0v) is 12.9. The number of hydrogen-bond donors (Lipinski definition) is 2. The van der Waals surface area contributed by atoms with E-state index in [4.69, 9.17) is 0 Å². The average Bonchev–Trinajstić information content (AvgIpc) is 3.06. The van der Waals surface area contributed by atoms with Crippen molar-refractivity contribution in [3.63, 3.8) is 0 Å². The summed E-state index contributed by atoms with van der Waals surface area (Å²) in [6.45, 7) is 4.62. The number of aliphatic hydroxyl groups is 1. The Hall–Kier alpha value is -1.36. The second-order valence-corrected chi connectivity index (χ2v) is 6.85. The second kappa shape index (κ2) is 5.44. The van der Waals surface area contributed by atoms with E-state index in [2.05, 4.69) is 10.2 Å². The van der Waals surface area contributed by atoms with Crippen LogP contribution >= 0.6 is 0 Å². The molecule has 1 saturated heterocycles. The number of carbonyl (C=O) groups is 1. The lowest BCUT2D eigenvalue weighted by atomic mass is 9.72. The number of aromatic nitrogens is 2. The number of aryl methyl sites for hydroxylation is 1. The summed E-state index contributed by atoms with van der Waals surface area (Å²) >= 11 is 0. The van der Waals surface area contributed by atoms with Gasteiger partial charge in [0.25, 0.3) is 5.91 Å². The highest BCUT2D eigenvalue weighted by molar-refractivity contribution is 5.92. The Bertz CT molecular complexity index is 523. The van der Waals surface area contributed by atoms with Crippen molar-refractivity contribution in [2.45, 2.75) is 64.0 Å². The van der Waals surface area contributed by atoms with Gasteiger partial charge in [0, 0.05) is 24.2 Å². The van der Waals surface area contributed by atoms with E-state index in [0.29, 0.717) is 5.69 Å². The van der Waals surface area contributed by atoms with Crippen LogP contribution in [0.5, 0.6) is 0 Å². The van der Waals surface area contributed by atoms with Crippen molar-refractivity contribution in [3.05, 3.63) is 17.5 Å². The number of rotatable bonds is 2. The molecule has 2 heterocycles. The van der Waals surface area contributed by atoms with Gasteiger partial charge in [0.1, 0.15) is 5.69 Å². The molecule has 0 radical (unpaired) electrons. The molecule has 5 nitrogen and oxygen atoms in total. The van der Waals surface area contributed by atoms with E-state index in [1.165, 1.54) is 0 Å². The fourth-order valence-corrected chi connectivity index (χ4v) is 4.09. The predicted octanol–water partition coefficient (Wildman–Crippen LogP) is 2.26. The minimum absolute atomic E-state index is 0.00298. The van der Waals surface area contributed by atoms with Gasteiger partial charge in [-0.25, -0.2) is 0 Å². The molecule has 2 aliphatic rings. The average molecular weight is 291 g/mol. The van der Waals surface area contributed by atoms with Gasteiger partial charge in [-0.05, 0) is 45.6 Å². The third-order valence-corrected chi connectivity index (χ3v) is 5.20. The maximum atomic E-state index is 12.7. The van der Waals surface area contributed by atoms with Gasteiger partial charge in [-0.15, -0.1) is 0 Å². The lowest BCUT2D eigenvalue weighted by Gasteiger charge is -2.43.